The lowest BCUT2D eigenvalue weighted by Gasteiger charge is -2.41. The van der Waals surface area contributed by atoms with Crippen molar-refractivity contribution in [2.45, 2.75) is 32.1 Å². The number of nitrogens with zero attached hydrogens (tertiary/aromatic N) is 1. The fourth-order valence-electron chi connectivity index (χ4n) is 3.60. The monoisotopic (exact) mass is 339 g/mol. The minimum Gasteiger partial charge on any atom is -0.338 e. The Bertz CT molecular complexity index is 519. The third-order valence-corrected chi connectivity index (χ3v) is 5.39. The molecule has 2 unspecified atom stereocenters. The van der Waals surface area contributed by atoms with Crippen molar-refractivity contribution in [3.63, 3.8) is 0 Å². The van der Waals surface area contributed by atoms with Crippen molar-refractivity contribution in [3.05, 3.63) is 34.1 Å². The van der Waals surface area contributed by atoms with Crippen molar-refractivity contribution in [1.29, 1.82) is 0 Å². The van der Waals surface area contributed by atoms with E-state index >= 15 is 0 Å². The Hall–Kier alpha value is -0.900. The second-order valence-electron chi connectivity index (χ2n) is 5.97. The summed E-state index contributed by atoms with van der Waals surface area (Å²) in [7, 11) is 0. The van der Waals surface area contributed by atoms with Crippen molar-refractivity contribution < 1.29 is 9.18 Å². The number of carbonyl (C=O) groups excluding carboxylic acids is 1. The third-order valence-electron chi connectivity index (χ3n) is 4.74. The van der Waals surface area contributed by atoms with E-state index in [0.717, 1.165) is 25.4 Å². The van der Waals surface area contributed by atoms with Gasteiger partial charge in [0.25, 0.3) is 5.91 Å². The van der Waals surface area contributed by atoms with Crippen LogP contribution in [0.3, 0.4) is 0 Å². The fraction of sp³-hybridized carbons (Fsp3) is 0.562. The second-order valence-corrected chi connectivity index (χ2v) is 6.83. The largest absolute Gasteiger partial charge is 0.338 e. The maximum absolute atomic E-state index is 13.6. The molecule has 1 heterocycles. The van der Waals surface area contributed by atoms with E-state index in [-0.39, 0.29) is 11.7 Å². The molecule has 1 aliphatic carbocycles. The normalized spacial score (nSPS) is 26.2. The van der Waals surface area contributed by atoms with Gasteiger partial charge in [-0.15, -0.1) is 0 Å². The zero-order valence-corrected chi connectivity index (χ0v) is 13.0. The fourth-order valence-corrected chi connectivity index (χ4v) is 3.84. The van der Waals surface area contributed by atoms with Crippen LogP contribution < -0.4 is 0 Å². The van der Waals surface area contributed by atoms with E-state index < -0.39 is 0 Å². The Morgan fingerprint density at radius 2 is 1.95 bits per heavy atom. The van der Waals surface area contributed by atoms with Gasteiger partial charge in [-0.05, 0) is 58.8 Å². The highest BCUT2D eigenvalue weighted by atomic mass is 79.9. The summed E-state index contributed by atoms with van der Waals surface area (Å²) in [4.78, 5) is 14.4. The predicted molar refractivity (Wildman–Crippen MR) is 80.1 cm³/mol. The van der Waals surface area contributed by atoms with Gasteiger partial charge in [-0.3, -0.25) is 4.79 Å². The number of halogens is 2. The van der Waals surface area contributed by atoms with Gasteiger partial charge < -0.3 is 4.90 Å². The van der Waals surface area contributed by atoms with Gasteiger partial charge in [0.1, 0.15) is 5.82 Å². The van der Waals surface area contributed by atoms with Gasteiger partial charge >= 0.3 is 0 Å². The van der Waals surface area contributed by atoms with Crippen LogP contribution in [0.1, 0.15) is 42.5 Å². The van der Waals surface area contributed by atoms with E-state index in [1.54, 1.807) is 12.1 Å². The highest BCUT2D eigenvalue weighted by molar-refractivity contribution is 9.10. The maximum atomic E-state index is 13.6. The lowest BCUT2D eigenvalue weighted by atomic mass is 9.75. The summed E-state index contributed by atoms with van der Waals surface area (Å²) in [5.41, 5.74) is 0.458. The number of likely N-dealkylation sites (tertiary alicyclic amines) is 1. The summed E-state index contributed by atoms with van der Waals surface area (Å²) in [6.45, 7) is 1.67. The van der Waals surface area contributed by atoms with Gasteiger partial charge in [0.05, 0.1) is 4.47 Å². The van der Waals surface area contributed by atoms with E-state index in [1.807, 2.05) is 4.90 Å². The highest BCUT2D eigenvalue weighted by Gasteiger charge is 2.33. The van der Waals surface area contributed by atoms with Crippen molar-refractivity contribution in [2.75, 3.05) is 13.1 Å². The van der Waals surface area contributed by atoms with Gasteiger partial charge in [-0.25, -0.2) is 4.39 Å². The van der Waals surface area contributed by atoms with Crippen LogP contribution in [-0.2, 0) is 0 Å². The van der Waals surface area contributed by atoms with Crippen molar-refractivity contribution in [2.24, 2.45) is 11.8 Å². The quantitative estimate of drug-likeness (QED) is 0.749. The van der Waals surface area contributed by atoms with Gasteiger partial charge in [0, 0.05) is 18.7 Å². The molecule has 0 radical (unpaired) electrons. The lowest BCUT2D eigenvalue weighted by Crippen LogP contribution is -2.44. The molecular formula is C16H19BrFNO. The van der Waals surface area contributed by atoms with Crippen LogP contribution in [0.25, 0.3) is 0 Å². The maximum Gasteiger partial charge on any atom is 0.253 e. The zero-order valence-electron chi connectivity index (χ0n) is 11.4. The Morgan fingerprint density at radius 1 is 1.20 bits per heavy atom. The van der Waals surface area contributed by atoms with Crippen LogP contribution in [0, 0.1) is 17.7 Å². The van der Waals surface area contributed by atoms with Crippen LogP contribution in [-0.4, -0.2) is 23.9 Å². The minimum atomic E-state index is -0.372. The van der Waals surface area contributed by atoms with E-state index in [9.17, 15) is 9.18 Å². The van der Waals surface area contributed by atoms with E-state index in [4.69, 9.17) is 0 Å². The number of amides is 1. The SMILES string of the molecule is O=C(c1ccc(Br)c(F)c1)N1CCC2CCCCC2C1. The Labute approximate surface area is 127 Å². The first-order valence-electron chi connectivity index (χ1n) is 7.39. The Kier molecular flexibility index (Phi) is 4.11. The molecule has 1 aromatic rings. The van der Waals surface area contributed by atoms with Crippen LogP contribution in [0.15, 0.2) is 22.7 Å². The molecule has 0 aromatic heterocycles. The Balaban J connectivity index is 1.72. The van der Waals surface area contributed by atoms with Crippen LogP contribution in [0.5, 0.6) is 0 Å². The van der Waals surface area contributed by atoms with Gasteiger partial charge in [-0.2, -0.15) is 0 Å². The molecule has 1 saturated carbocycles. The van der Waals surface area contributed by atoms with Crippen molar-refractivity contribution in [1.82, 2.24) is 4.90 Å². The molecule has 0 N–H and O–H groups in total. The molecule has 1 aromatic carbocycles. The lowest BCUT2D eigenvalue weighted by molar-refractivity contribution is 0.0520. The molecule has 0 bridgehead atoms. The number of benzene rings is 1. The number of hydrogen-bond acceptors (Lipinski definition) is 1. The van der Waals surface area contributed by atoms with Crippen LogP contribution in [0.4, 0.5) is 4.39 Å². The first-order valence-corrected chi connectivity index (χ1v) is 8.19. The number of carbonyl (C=O) groups is 1. The summed E-state index contributed by atoms with van der Waals surface area (Å²) >= 11 is 3.12. The number of hydrogen-bond donors (Lipinski definition) is 0. The summed E-state index contributed by atoms with van der Waals surface area (Å²) in [6, 6.07) is 4.64. The number of piperidine rings is 1. The molecule has 20 heavy (non-hydrogen) atoms. The molecule has 1 amide bonds. The van der Waals surface area contributed by atoms with E-state index in [2.05, 4.69) is 15.9 Å². The molecule has 1 aliphatic heterocycles. The van der Waals surface area contributed by atoms with E-state index in [1.165, 1.54) is 31.7 Å². The minimum absolute atomic E-state index is 0.0274. The molecule has 2 atom stereocenters. The molecule has 3 rings (SSSR count). The average Bonchev–Trinajstić information content (AvgIpc) is 2.49. The predicted octanol–water partition coefficient (Wildman–Crippen LogP) is 4.24. The average molecular weight is 340 g/mol. The summed E-state index contributed by atoms with van der Waals surface area (Å²) in [5.74, 6) is 1.06. The van der Waals surface area contributed by atoms with Gasteiger partial charge in [0.15, 0.2) is 0 Å². The Morgan fingerprint density at radius 3 is 2.70 bits per heavy atom. The highest BCUT2D eigenvalue weighted by Crippen LogP contribution is 2.36. The standard InChI is InChI=1S/C16H19BrFNO/c17-14-6-5-12(9-15(14)18)16(20)19-8-7-11-3-1-2-4-13(11)10-19/h5-6,9,11,13H,1-4,7-8,10H2. The number of rotatable bonds is 1. The van der Waals surface area contributed by atoms with Crippen LogP contribution in [0.2, 0.25) is 0 Å². The van der Waals surface area contributed by atoms with Crippen LogP contribution >= 0.6 is 15.9 Å². The van der Waals surface area contributed by atoms with Crippen molar-refractivity contribution >= 4 is 21.8 Å². The molecule has 2 fully saturated rings. The van der Waals surface area contributed by atoms with Crippen molar-refractivity contribution in [3.8, 4) is 0 Å². The molecular weight excluding hydrogens is 321 g/mol. The molecule has 2 aliphatic rings. The first kappa shape index (κ1) is 14.1. The zero-order chi connectivity index (χ0) is 14.1. The van der Waals surface area contributed by atoms with Gasteiger partial charge in [0.2, 0.25) is 0 Å². The smallest absolute Gasteiger partial charge is 0.253 e. The molecule has 108 valence electrons. The topological polar surface area (TPSA) is 20.3 Å². The number of fused-ring (bicyclic) bond motifs is 1. The van der Waals surface area contributed by atoms with E-state index in [0.29, 0.717) is 16.0 Å². The second kappa shape index (κ2) is 5.84. The molecule has 4 heteroatoms. The molecule has 0 spiro atoms. The summed E-state index contributed by atoms with van der Waals surface area (Å²) in [6.07, 6.45) is 6.29. The summed E-state index contributed by atoms with van der Waals surface area (Å²) in [5, 5.41) is 0. The third kappa shape index (κ3) is 2.76. The van der Waals surface area contributed by atoms with Gasteiger partial charge in [-0.1, -0.05) is 19.3 Å². The first-order chi connectivity index (χ1) is 9.65. The summed E-state index contributed by atoms with van der Waals surface area (Å²) < 4.78 is 14.0. The molecule has 2 nitrogen and oxygen atoms in total. The molecule has 1 saturated heterocycles.